The van der Waals surface area contributed by atoms with Crippen molar-refractivity contribution in [1.29, 1.82) is 0 Å². The molecule has 152 valence electrons. The Morgan fingerprint density at radius 3 is 2.55 bits per heavy atom. The molecule has 1 amide bonds. The van der Waals surface area contributed by atoms with Gasteiger partial charge in [-0.1, -0.05) is 41.9 Å². The lowest BCUT2D eigenvalue weighted by Crippen LogP contribution is -2.31. The van der Waals surface area contributed by atoms with E-state index in [1.165, 1.54) is 5.56 Å². The van der Waals surface area contributed by atoms with Crippen LogP contribution >= 0.6 is 24.0 Å². The fraction of sp³-hybridized carbons (Fsp3) is 0.273. The molecule has 1 aliphatic rings. The molecule has 0 bridgehead atoms. The maximum absolute atomic E-state index is 12.8. The van der Waals surface area contributed by atoms with Crippen molar-refractivity contribution in [2.45, 2.75) is 12.3 Å². The second-order valence-corrected chi connectivity index (χ2v) is 7.58. The van der Waals surface area contributed by atoms with Gasteiger partial charge in [-0.2, -0.15) is 0 Å². The van der Waals surface area contributed by atoms with Gasteiger partial charge < -0.3 is 15.1 Å². The van der Waals surface area contributed by atoms with Crippen molar-refractivity contribution in [3.63, 3.8) is 0 Å². The van der Waals surface area contributed by atoms with Crippen LogP contribution in [0.15, 0.2) is 65.3 Å². The van der Waals surface area contributed by atoms with E-state index in [9.17, 15) is 4.79 Å². The Hall–Kier alpha value is -2.34. The number of hydrogen-bond acceptors (Lipinski definition) is 4. The minimum absolute atomic E-state index is 0. The first-order chi connectivity index (χ1) is 13.6. The van der Waals surface area contributed by atoms with Crippen LogP contribution in [0.1, 0.15) is 17.2 Å². The molecule has 7 heteroatoms. The van der Waals surface area contributed by atoms with Crippen LogP contribution in [0, 0.1) is 5.92 Å². The van der Waals surface area contributed by atoms with Crippen LogP contribution in [0.5, 0.6) is 0 Å². The Kier molecular flexibility index (Phi) is 6.96. The van der Waals surface area contributed by atoms with E-state index in [2.05, 4.69) is 17.1 Å². The van der Waals surface area contributed by atoms with Crippen LogP contribution in [-0.4, -0.2) is 35.4 Å². The smallest absolute Gasteiger partial charge is 0.228 e. The Bertz CT molecular complexity index is 944. The van der Waals surface area contributed by atoms with E-state index in [-0.39, 0.29) is 36.6 Å². The molecule has 5 nitrogen and oxygen atoms in total. The number of oxazole rings is 1. The number of halogens is 2. The van der Waals surface area contributed by atoms with E-state index in [0.29, 0.717) is 36.2 Å². The standard InChI is InChI=1S/C22H22ClN3O2.ClH/c23-18-8-6-16(7-9-18)22-25-19(14-28-22)10-21(27)26-12-17(11-24)20(13-26)15-4-2-1-3-5-15;/h1-9,14,17,20H,10-13,24H2;1H/t17-,20+;/m1./s1. The van der Waals surface area contributed by atoms with Gasteiger partial charge in [0.1, 0.15) is 6.26 Å². The summed E-state index contributed by atoms with van der Waals surface area (Å²) >= 11 is 5.92. The van der Waals surface area contributed by atoms with Gasteiger partial charge in [0.25, 0.3) is 0 Å². The summed E-state index contributed by atoms with van der Waals surface area (Å²) in [5.41, 5.74) is 8.67. The van der Waals surface area contributed by atoms with Gasteiger partial charge in [0.2, 0.25) is 11.8 Å². The SMILES string of the molecule is Cl.NC[C@@H]1CN(C(=O)Cc2coc(-c3ccc(Cl)cc3)n2)C[C@H]1c1ccccc1. The molecule has 2 atom stereocenters. The lowest BCUT2D eigenvalue weighted by Gasteiger charge is -2.16. The number of carbonyl (C=O) groups is 1. The second kappa shape index (κ2) is 9.44. The fourth-order valence-electron chi connectivity index (χ4n) is 3.77. The molecule has 0 spiro atoms. The minimum atomic E-state index is 0. The molecule has 3 aromatic rings. The average Bonchev–Trinajstić information content (AvgIpc) is 3.36. The van der Waals surface area contributed by atoms with Gasteiger partial charge in [-0.3, -0.25) is 4.79 Å². The van der Waals surface area contributed by atoms with Crippen LogP contribution in [0.3, 0.4) is 0 Å². The Labute approximate surface area is 181 Å². The van der Waals surface area contributed by atoms with Gasteiger partial charge in [-0.05, 0) is 42.3 Å². The largest absolute Gasteiger partial charge is 0.444 e. The highest BCUT2D eigenvalue weighted by Gasteiger charge is 2.35. The number of hydrogen-bond donors (Lipinski definition) is 1. The third-order valence-corrected chi connectivity index (χ3v) is 5.55. The molecule has 1 aliphatic heterocycles. The summed E-state index contributed by atoms with van der Waals surface area (Å²) in [6.07, 6.45) is 1.77. The molecule has 0 radical (unpaired) electrons. The predicted octanol–water partition coefficient (Wildman–Crippen LogP) is 4.16. The van der Waals surface area contributed by atoms with Crippen molar-refractivity contribution in [3.05, 3.63) is 77.1 Å². The molecule has 0 unspecified atom stereocenters. The topological polar surface area (TPSA) is 72.4 Å². The van der Waals surface area contributed by atoms with Gasteiger partial charge in [0, 0.05) is 29.6 Å². The van der Waals surface area contributed by atoms with Crippen molar-refractivity contribution in [2.24, 2.45) is 11.7 Å². The molecule has 2 N–H and O–H groups in total. The molecule has 1 fully saturated rings. The van der Waals surface area contributed by atoms with Crippen molar-refractivity contribution in [3.8, 4) is 11.5 Å². The van der Waals surface area contributed by atoms with Crippen molar-refractivity contribution in [1.82, 2.24) is 9.88 Å². The highest BCUT2D eigenvalue weighted by atomic mass is 35.5. The zero-order chi connectivity index (χ0) is 19.5. The normalized spacial score (nSPS) is 18.5. The quantitative estimate of drug-likeness (QED) is 0.657. The van der Waals surface area contributed by atoms with Crippen LogP contribution < -0.4 is 5.73 Å². The van der Waals surface area contributed by atoms with Crippen molar-refractivity contribution < 1.29 is 9.21 Å². The zero-order valence-corrected chi connectivity index (χ0v) is 17.4. The van der Waals surface area contributed by atoms with E-state index in [4.69, 9.17) is 21.8 Å². The third-order valence-electron chi connectivity index (χ3n) is 5.30. The molecular formula is C22H23Cl2N3O2. The molecule has 0 saturated carbocycles. The Balaban J connectivity index is 0.00000240. The lowest BCUT2D eigenvalue weighted by atomic mass is 9.89. The highest BCUT2D eigenvalue weighted by molar-refractivity contribution is 6.30. The second-order valence-electron chi connectivity index (χ2n) is 7.14. The van der Waals surface area contributed by atoms with Gasteiger partial charge in [-0.25, -0.2) is 4.98 Å². The van der Waals surface area contributed by atoms with Crippen LogP contribution in [0.4, 0.5) is 0 Å². The lowest BCUT2D eigenvalue weighted by molar-refractivity contribution is -0.129. The molecule has 1 saturated heterocycles. The summed E-state index contributed by atoms with van der Waals surface area (Å²) < 4.78 is 5.54. The van der Waals surface area contributed by atoms with E-state index in [1.54, 1.807) is 18.4 Å². The fourth-order valence-corrected chi connectivity index (χ4v) is 3.90. The first-order valence-corrected chi connectivity index (χ1v) is 9.75. The number of aromatic nitrogens is 1. The minimum Gasteiger partial charge on any atom is -0.444 e. The highest BCUT2D eigenvalue weighted by Crippen LogP contribution is 2.32. The number of nitrogens with two attached hydrogens (primary N) is 1. The molecule has 2 heterocycles. The van der Waals surface area contributed by atoms with Crippen LogP contribution in [0.2, 0.25) is 5.02 Å². The molecule has 1 aromatic heterocycles. The zero-order valence-electron chi connectivity index (χ0n) is 15.8. The summed E-state index contributed by atoms with van der Waals surface area (Å²) in [5.74, 6) is 1.08. The van der Waals surface area contributed by atoms with Crippen molar-refractivity contribution in [2.75, 3.05) is 19.6 Å². The molecule has 0 aliphatic carbocycles. The summed E-state index contributed by atoms with van der Waals surface area (Å²) in [5, 5.41) is 0.655. The summed E-state index contributed by atoms with van der Waals surface area (Å²) in [4.78, 5) is 19.2. The number of benzene rings is 2. The first-order valence-electron chi connectivity index (χ1n) is 9.37. The molecule has 2 aromatic carbocycles. The van der Waals surface area contributed by atoms with Gasteiger partial charge in [0.05, 0.1) is 12.1 Å². The number of likely N-dealkylation sites (tertiary alicyclic amines) is 1. The number of carbonyl (C=O) groups excluding carboxylic acids is 1. The maximum atomic E-state index is 12.8. The number of rotatable bonds is 5. The maximum Gasteiger partial charge on any atom is 0.228 e. The predicted molar refractivity (Wildman–Crippen MR) is 116 cm³/mol. The Morgan fingerprint density at radius 2 is 1.86 bits per heavy atom. The van der Waals surface area contributed by atoms with E-state index < -0.39 is 0 Å². The van der Waals surface area contributed by atoms with E-state index >= 15 is 0 Å². The van der Waals surface area contributed by atoms with E-state index in [1.807, 2.05) is 35.2 Å². The van der Waals surface area contributed by atoms with Gasteiger partial charge >= 0.3 is 0 Å². The van der Waals surface area contributed by atoms with Crippen molar-refractivity contribution >= 4 is 29.9 Å². The van der Waals surface area contributed by atoms with Gasteiger partial charge in [0.15, 0.2) is 0 Å². The third kappa shape index (κ3) is 4.81. The van der Waals surface area contributed by atoms with Crippen LogP contribution in [-0.2, 0) is 11.2 Å². The number of amides is 1. The van der Waals surface area contributed by atoms with E-state index in [0.717, 1.165) is 5.56 Å². The number of nitrogens with zero attached hydrogens (tertiary/aromatic N) is 2. The van der Waals surface area contributed by atoms with Crippen LogP contribution in [0.25, 0.3) is 11.5 Å². The van der Waals surface area contributed by atoms with Gasteiger partial charge in [-0.15, -0.1) is 12.4 Å². The molecular weight excluding hydrogens is 409 g/mol. The first kappa shape index (κ1) is 21.4. The average molecular weight is 432 g/mol. The summed E-state index contributed by atoms with van der Waals surface area (Å²) in [6, 6.07) is 17.5. The molecule has 29 heavy (non-hydrogen) atoms. The molecule has 4 rings (SSSR count). The monoisotopic (exact) mass is 431 g/mol. The Morgan fingerprint density at radius 1 is 1.14 bits per heavy atom. The summed E-state index contributed by atoms with van der Waals surface area (Å²) in [7, 11) is 0. The summed E-state index contributed by atoms with van der Waals surface area (Å²) in [6.45, 7) is 1.93.